The lowest BCUT2D eigenvalue weighted by Crippen LogP contribution is -2.04. The number of aliphatic hydroxyl groups is 1. The van der Waals surface area contributed by atoms with E-state index in [1.807, 2.05) is 37.5 Å². The standard InChI is InChI=1S/C19H19N7O2/c1-12-21-18(24-23-12)16-11-25-5-7-28-17-8-13(2-3-15(17)19(25)22-16)14-9-20-26(10-14)4-6-27/h2-3,8-11,27H,4-7H2,1H3,(H,21,23,24). The summed E-state index contributed by atoms with van der Waals surface area (Å²) in [5, 5.41) is 20.3. The van der Waals surface area contributed by atoms with Gasteiger partial charge >= 0.3 is 0 Å². The van der Waals surface area contributed by atoms with Crippen LogP contribution in [0.4, 0.5) is 0 Å². The maximum Gasteiger partial charge on any atom is 0.176 e. The maximum absolute atomic E-state index is 9.07. The molecule has 0 saturated heterocycles. The Morgan fingerprint density at radius 2 is 2.14 bits per heavy atom. The molecule has 0 bridgehead atoms. The van der Waals surface area contributed by atoms with E-state index in [0.717, 1.165) is 34.0 Å². The summed E-state index contributed by atoms with van der Waals surface area (Å²) < 4.78 is 9.80. The fraction of sp³-hybridized carbons (Fsp3) is 0.263. The van der Waals surface area contributed by atoms with Crippen molar-refractivity contribution in [1.82, 2.24) is 34.5 Å². The average molecular weight is 377 g/mol. The van der Waals surface area contributed by atoms with E-state index < -0.39 is 0 Å². The van der Waals surface area contributed by atoms with Crippen LogP contribution in [0.15, 0.2) is 36.8 Å². The molecule has 2 N–H and O–H groups in total. The van der Waals surface area contributed by atoms with Crippen molar-refractivity contribution in [2.75, 3.05) is 13.2 Å². The highest BCUT2D eigenvalue weighted by molar-refractivity contribution is 5.74. The number of aliphatic hydroxyl groups excluding tert-OH is 1. The molecule has 1 aliphatic rings. The highest BCUT2D eigenvalue weighted by atomic mass is 16.5. The molecule has 142 valence electrons. The Kier molecular flexibility index (Phi) is 3.94. The van der Waals surface area contributed by atoms with Gasteiger partial charge in [-0.25, -0.2) is 9.97 Å². The number of imidazole rings is 1. The summed E-state index contributed by atoms with van der Waals surface area (Å²) >= 11 is 0. The molecule has 3 aromatic heterocycles. The van der Waals surface area contributed by atoms with E-state index in [4.69, 9.17) is 14.8 Å². The molecule has 0 radical (unpaired) electrons. The molecular formula is C19H19N7O2. The van der Waals surface area contributed by atoms with Gasteiger partial charge in [-0.15, -0.1) is 0 Å². The number of nitrogens with zero attached hydrogens (tertiary/aromatic N) is 6. The van der Waals surface area contributed by atoms with Gasteiger partial charge in [-0.1, -0.05) is 6.07 Å². The number of ether oxygens (including phenoxy) is 1. The zero-order chi connectivity index (χ0) is 19.1. The van der Waals surface area contributed by atoms with E-state index >= 15 is 0 Å². The first-order valence-electron chi connectivity index (χ1n) is 9.09. The van der Waals surface area contributed by atoms with Crippen LogP contribution in [0, 0.1) is 6.92 Å². The summed E-state index contributed by atoms with van der Waals surface area (Å²) in [7, 11) is 0. The summed E-state index contributed by atoms with van der Waals surface area (Å²) in [6, 6.07) is 6.07. The highest BCUT2D eigenvalue weighted by Crippen LogP contribution is 2.36. The first kappa shape index (κ1) is 16.7. The van der Waals surface area contributed by atoms with Crippen LogP contribution in [0.3, 0.4) is 0 Å². The lowest BCUT2D eigenvalue weighted by Gasteiger charge is -2.08. The van der Waals surface area contributed by atoms with Gasteiger partial charge in [0.25, 0.3) is 0 Å². The molecule has 5 rings (SSSR count). The van der Waals surface area contributed by atoms with Crippen molar-refractivity contribution in [3.63, 3.8) is 0 Å². The van der Waals surface area contributed by atoms with Gasteiger partial charge < -0.3 is 14.4 Å². The van der Waals surface area contributed by atoms with Crippen LogP contribution in [0.5, 0.6) is 5.75 Å². The Morgan fingerprint density at radius 1 is 1.21 bits per heavy atom. The second-order valence-corrected chi connectivity index (χ2v) is 6.65. The second-order valence-electron chi connectivity index (χ2n) is 6.65. The average Bonchev–Trinajstić information content (AvgIpc) is 3.40. The Balaban J connectivity index is 1.54. The van der Waals surface area contributed by atoms with Crippen LogP contribution in [-0.2, 0) is 13.1 Å². The van der Waals surface area contributed by atoms with E-state index in [-0.39, 0.29) is 6.61 Å². The predicted molar refractivity (Wildman–Crippen MR) is 102 cm³/mol. The minimum Gasteiger partial charge on any atom is -0.491 e. The zero-order valence-electron chi connectivity index (χ0n) is 15.3. The van der Waals surface area contributed by atoms with E-state index in [2.05, 4.69) is 24.8 Å². The topological polar surface area (TPSA) is 107 Å². The van der Waals surface area contributed by atoms with Gasteiger partial charge in [-0.2, -0.15) is 10.2 Å². The van der Waals surface area contributed by atoms with Crippen molar-refractivity contribution in [3.05, 3.63) is 42.6 Å². The second kappa shape index (κ2) is 6.61. The molecule has 1 aromatic carbocycles. The van der Waals surface area contributed by atoms with Crippen molar-refractivity contribution in [2.45, 2.75) is 20.0 Å². The number of rotatable bonds is 4. The lowest BCUT2D eigenvalue weighted by molar-refractivity contribution is 0.269. The number of H-pyrrole nitrogens is 1. The molecular weight excluding hydrogens is 358 g/mol. The minimum absolute atomic E-state index is 0.0596. The first-order chi connectivity index (χ1) is 13.7. The summed E-state index contributed by atoms with van der Waals surface area (Å²) in [6.07, 6.45) is 5.68. The Morgan fingerprint density at radius 3 is 2.96 bits per heavy atom. The molecule has 4 heterocycles. The summed E-state index contributed by atoms with van der Waals surface area (Å²) in [5.74, 6) is 2.98. The molecule has 9 nitrogen and oxygen atoms in total. The number of aromatic nitrogens is 7. The molecule has 28 heavy (non-hydrogen) atoms. The van der Waals surface area contributed by atoms with Crippen molar-refractivity contribution in [3.8, 4) is 39.8 Å². The minimum atomic E-state index is 0.0596. The molecule has 0 fully saturated rings. The summed E-state index contributed by atoms with van der Waals surface area (Å²) in [4.78, 5) is 9.15. The number of nitrogens with one attached hydrogen (secondary N) is 1. The van der Waals surface area contributed by atoms with E-state index in [9.17, 15) is 0 Å². The van der Waals surface area contributed by atoms with Crippen LogP contribution in [0.2, 0.25) is 0 Å². The molecule has 0 unspecified atom stereocenters. The predicted octanol–water partition coefficient (Wildman–Crippen LogP) is 1.89. The van der Waals surface area contributed by atoms with Crippen LogP contribution < -0.4 is 4.74 Å². The largest absolute Gasteiger partial charge is 0.491 e. The van der Waals surface area contributed by atoms with Gasteiger partial charge in [-0.05, 0) is 24.6 Å². The third-order valence-electron chi connectivity index (χ3n) is 4.72. The number of fused-ring (bicyclic) bond motifs is 3. The summed E-state index contributed by atoms with van der Waals surface area (Å²) in [6.45, 7) is 3.63. The van der Waals surface area contributed by atoms with Crippen molar-refractivity contribution in [2.24, 2.45) is 0 Å². The molecule has 0 spiro atoms. The fourth-order valence-corrected chi connectivity index (χ4v) is 3.37. The van der Waals surface area contributed by atoms with Gasteiger partial charge in [0.05, 0.1) is 31.5 Å². The van der Waals surface area contributed by atoms with Crippen molar-refractivity contribution < 1.29 is 9.84 Å². The molecule has 0 atom stereocenters. The van der Waals surface area contributed by atoms with Crippen molar-refractivity contribution in [1.29, 1.82) is 0 Å². The van der Waals surface area contributed by atoms with Crippen LogP contribution in [-0.4, -0.2) is 52.8 Å². The van der Waals surface area contributed by atoms with Crippen LogP contribution >= 0.6 is 0 Å². The van der Waals surface area contributed by atoms with Gasteiger partial charge in [0.2, 0.25) is 0 Å². The number of benzene rings is 1. The van der Waals surface area contributed by atoms with Crippen molar-refractivity contribution >= 4 is 0 Å². The Labute approximate surface area is 160 Å². The molecule has 0 aliphatic carbocycles. The fourth-order valence-electron chi connectivity index (χ4n) is 3.37. The third-order valence-corrected chi connectivity index (χ3v) is 4.72. The summed E-state index contributed by atoms with van der Waals surface area (Å²) in [5.41, 5.74) is 3.68. The van der Waals surface area contributed by atoms with Gasteiger partial charge in [0.1, 0.15) is 29.7 Å². The molecule has 0 amide bonds. The van der Waals surface area contributed by atoms with Gasteiger partial charge in [0, 0.05) is 18.0 Å². The first-order valence-corrected chi connectivity index (χ1v) is 9.09. The third kappa shape index (κ3) is 2.85. The monoisotopic (exact) mass is 377 g/mol. The van der Waals surface area contributed by atoms with Crippen LogP contribution in [0.1, 0.15) is 5.82 Å². The van der Waals surface area contributed by atoms with Crippen LogP contribution in [0.25, 0.3) is 34.0 Å². The molecule has 4 aromatic rings. The smallest absolute Gasteiger partial charge is 0.176 e. The number of aryl methyl sites for hydroxylation is 1. The molecule has 0 saturated carbocycles. The Bertz CT molecular complexity index is 1140. The SMILES string of the molecule is Cc1n[nH]c(-c2cn3c(n2)-c2ccc(-c4cnn(CCO)c4)cc2OCC3)n1. The van der Waals surface area contributed by atoms with Gasteiger partial charge in [-0.3, -0.25) is 9.78 Å². The van der Waals surface area contributed by atoms with Gasteiger partial charge in [0.15, 0.2) is 5.82 Å². The van der Waals surface area contributed by atoms with E-state index in [0.29, 0.717) is 31.3 Å². The maximum atomic E-state index is 9.07. The quantitative estimate of drug-likeness (QED) is 0.562. The molecule has 9 heteroatoms. The zero-order valence-corrected chi connectivity index (χ0v) is 15.3. The van der Waals surface area contributed by atoms with E-state index in [1.165, 1.54) is 0 Å². The normalized spacial score (nSPS) is 12.9. The molecule has 1 aliphatic heterocycles. The lowest BCUT2D eigenvalue weighted by atomic mass is 10.1. The number of hydrogen-bond acceptors (Lipinski definition) is 6. The number of aromatic amines is 1. The Hall–Kier alpha value is -3.46. The van der Waals surface area contributed by atoms with E-state index in [1.54, 1.807) is 10.9 Å². The highest BCUT2D eigenvalue weighted by Gasteiger charge is 2.21. The number of hydrogen-bond donors (Lipinski definition) is 2.